The number of aryl methyl sites for hydroxylation is 2. The highest BCUT2D eigenvalue weighted by atomic mass is 32.1. The average Bonchev–Trinajstić information content (AvgIpc) is 3.16. The molecule has 1 aliphatic rings. The topological polar surface area (TPSA) is 68.4 Å². The number of amides is 1. The lowest BCUT2D eigenvalue weighted by Gasteiger charge is -2.29. The quantitative estimate of drug-likeness (QED) is 0.748. The molecular weight excluding hydrogens is 360 g/mol. The van der Waals surface area contributed by atoms with Crippen molar-refractivity contribution in [1.29, 1.82) is 0 Å². The van der Waals surface area contributed by atoms with Crippen LogP contribution in [0.15, 0.2) is 16.9 Å². The molecule has 3 heterocycles. The van der Waals surface area contributed by atoms with Crippen LogP contribution in [0.1, 0.15) is 50.2 Å². The van der Waals surface area contributed by atoms with Crippen LogP contribution in [0.25, 0.3) is 15.7 Å². The molecule has 0 radical (unpaired) electrons. The Labute approximate surface area is 162 Å². The van der Waals surface area contributed by atoms with Gasteiger partial charge in [0.2, 0.25) is 5.91 Å². The van der Waals surface area contributed by atoms with Crippen LogP contribution in [0.4, 0.5) is 0 Å². The van der Waals surface area contributed by atoms with Crippen molar-refractivity contribution in [2.24, 2.45) is 5.92 Å². The monoisotopic (exact) mass is 386 g/mol. The lowest BCUT2D eigenvalue weighted by atomic mass is 9.86. The molecule has 0 saturated heterocycles. The molecular formula is C20H26N4O2S. The van der Waals surface area contributed by atoms with E-state index in [2.05, 4.69) is 30.3 Å². The number of carbonyl (C=O) groups excluding carboxylic acids is 1. The van der Waals surface area contributed by atoms with Gasteiger partial charge in [-0.15, -0.1) is 11.3 Å². The molecule has 1 saturated carbocycles. The van der Waals surface area contributed by atoms with E-state index in [-0.39, 0.29) is 24.1 Å². The van der Waals surface area contributed by atoms with E-state index >= 15 is 0 Å². The second-order valence-corrected chi connectivity index (χ2v) is 8.93. The second kappa shape index (κ2) is 7.11. The standard InChI is InChI=1S/C20H26N4O2S/c1-4-18-22-23(11-19(25)21-14-8-6-5-7-12(14)2)20(26)16-10-17-15(24(16)18)9-13(3)27-17/h9-10,12,14H,4-8,11H2,1-3H3,(H,21,25)/t12-,14+/m1/s1. The van der Waals surface area contributed by atoms with Gasteiger partial charge in [0.15, 0.2) is 0 Å². The summed E-state index contributed by atoms with van der Waals surface area (Å²) < 4.78 is 4.35. The number of hydrogen-bond donors (Lipinski definition) is 1. The van der Waals surface area contributed by atoms with Crippen molar-refractivity contribution in [3.05, 3.63) is 33.2 Å². The Morgan fingerprint density at radius 1 is 1.30 bits per heavy atom. The van der Waals surface area contributed by atoms with Crippen LogP contribution in [0.5, 0.6) is 0 Å². The van der Waals surface area contributed by atoms with E-state index in [4.69, 9.17) is 0 Å². The summed E-state index contributed by atoms with van der Waals surface area (Å²) in [5.41, 5.74) is 1.42. The van der Waals surface area contributed by atoms with Gasteiger partial charge in [-0.1, -0.05) is 26.7 Å². The summed E-state index contributed by atoms with van der Waals surface area (Å²) in [6.07, 6.45) is 5.24. The maximum absolute atomic E-state index is 12.9. The van der Waals surface area contributed by atoms with Gasteiger partial charge in [-0.2, -0.15) is 5.10 Å². The van der Waals surface area contributed by atoms with Crippen LogP contribution in [-0.2, 0) is 17.8 Å². The Balaban J connectivity index is 1.66. The number of rotatable bonds is 4. The van der Waals surface area contributed by atoms with E-state index in [0.29, 0.717) is 17.9 Å². The Morgan fingerprint density at radius 2 is 2.07 bits per heavy atom. The largest absolute Gasteiger partial charge is 0.351 e. The van der Waals surface area contributed by atoms with Gasteiger partial charge in [-0.05, 0) is 37.8 Å². The van der Waals surface area contributed by atoms with Crippen LogP contribution >= 0.6 is 11.3 Å². The fourth-order valence-electron chi connectivity index (χ4n) is 4.17. The first-order chi connectivity index (χ1) is 13.0. The first kappa shape index (κ1) is 18.2. The van der Waals surface area contributed by atoms with Crippen LogP contribution in [0.2, 0.25) is 0 Å². The highest BCUT2D eigenvalue weighted by Gasteiger charge is 2.23. The maximum atomic E-state index is 12.9. The summed E-state index contributed by atoms with van der Waals surface area (Å²) in [7, 11) is 0. The number of hydrogen-bond acceptors (Lipinski definition) is 4. The van der Waals surface area contributed by atoms with Crippen molar-refractivity contribution in [3.63, 3.8) is 0 Å². The number of nitrogens with zero attached hydrogens (tertiary/aromatic N) is 3. The minimum Gasteiger partial charge on any atom is -0.351 e. The Hall–Kier alpha value is -2.15. The first-order valence-corrected chi connectivity index (χ1v) is 10.6. The van der Waals surface area contributed by atoms with Crippen LogP contribution in [-0.4, -0.2) is 26.1 Å². The third-order valence-corrected chi connectivity index (χ3v) is 6.61. The Morgan fingerprint density at radius 3 is 2.81 bits per heavy atom. The zero-order valence-electron chi connectivity index (χ0n) is 16.1. The number of thiophene rings is 1. The predicted molar refractivity (Wildman–Crippen MR) is 109 cm³/mol. The molecule has 27 heavy (non-hydrogen) atoms. The SMILES string of the molecule is CCc1nn(CC(=O)N[C@H]2CCCC[C@H]2C)c(=O)c2cc3sc(C)cc3n12. The molecule has 1 amide bonds. The molecule has 144 valence electrons. The van der Waals surface area contributed by atoms with Crippen molar-refractivity contribution in [3.8, 4) is 0 Å². The molecule has 0 unspecified atom stereocenters. The summed E-state index contributed by atoms with van der Waals surface area (Å²) in [5.74, 6) is 1.16. The third kappa shape index (κ3) is 3.29. The summed E-state index contributed by atoms with van der Waals surface area (Å²) in [6.45, 7) is 6.24. The lowest BCUT2D eigenvalue weighted by molar-refractivity contribution is -0.123. The molecule has 2 atom stereocenters. The van der Waals surface area contributed by atoms with Crippen molar-refractivity contribution < 1.29 is 4.79 Å². The number of carbonyl (C=O) groups is 1. The van der Waals surface area contributed by atoms with Crippen LogP contribution in [0, 0.1) is 12.8 Å². The first-order valence-electron chi connectivity index (χ1n) is 9.79. The molecule has 6 nitrogen and oxygen atoms in total. The van der Waals surface area contributed by atoms with Crippen molar-refractivity contribution in [2.45, 2.75) is 65.5 Å². The number of nitrogens with one attached hydrogen (secondary N) is 1. The van der Waals surface area contributed by atoms with Gasteiger partial charge in [-0.25, -0.2) is 4.68 Å². The van der Waals surface area contributed by atoms with E-state index in [1.807, 2.05) is 17.4 Å². The molecule has 1 N–H and O–H groups in total. The summed E-state index contributed by atoms with van der Waals surface area (Å²) in [5, 5.41) is 7.63. The molecule has 0 spiro atoms. The summed E-state index contributed by atoms with van der Waals surface area (Å²) in [4.78, 5) is 26.7. The Kier molecular flexibility index (Phi) is 4.80. The van der Waals surface area contributed by atoms with Crippen molar-refractivity contribution >= 4 is 33.0 Å². The zero-order chi connectivity index (χ0) is 19.1. The van der Waals surface area contributed by atoms with E-state index < -0.39 is 0 Å². The second-order valence-electron chi connectivity index (χ2n) is 7.64. The summed E-state index contributed by atoms with van der Waals surface area (Å²) >= 11 is 1.67. The minimum absolute atomic E-state index is 0.0244. The molecule has 3 aromatic heterocycles. The predicted octanol–water partition coefficient (Wildman–Crippen LogP) is 3.28. The zero-order valence-corrected chi connectivity index (χ0v) is 16.9. The fraction of sp³-hybridized carbons (Fsp3) is 0.550. The molecule has 3 aromatic rings. The highest BCUT2D eigenvalue weighted by Crippen LogP contribution is 2.28. The van der Waals surface area contributed by atoms with Crippen LogP contribution in [0.3, 0.4) is 0 Å². The van der Waals surface area contributed by atoms with E-state index in [1.54, 1.807) is 11.3 Å². The van der Waals surface area contributed by atoms with Gasteiger partial charge in [-0.3, -0.25) is 14.0 Å². The Bertz CT molecular complexity index is 1060. The summed E-state index contributed by atoms with van der Waals surface area (Å²) in [6, 6.07) is 4.22. The number of fused-ring (bicyclic) bond motifs is 3. The lowest BCUT2D eigenvalue weighted by Crippen LogP contribution is -2.44. The van der Waals surface area contributed by atoms with E-state index in [9.17, 15) is 9.59 Å². The molecule has 0 bridgehead atoms. The van der Waals surface area contributed by atoms with Gasteiger partial charge < -0.3 is 5.32 Å². The molecule has 4 rings (SSSR count). The minimum atomic E-state index is -0.208. The maximum Gasteiger partial charge on any atom is 0.291 e. The van der Waals surface area contributed by atoms with Gasteiger partial charge in [0.25, 0.3) is 5.56 Å². The molecule has 1 aliphatic carbocycles. The molecule has 0 aliphatic heterocycles. The molecule has 1 fully saturated rings. The smallest absolute Gasteiger partial charge is 0.291 e. The third-order valence-electron chi connectivity index (χ3n) is 5.63. The van der Waals surface area contributed by atoms with Gasteiger partial charge in [0, 0.05) is 17.3 Å². The van der Waals surface area contributed by atoms with E-state index in [0.717, 1.165) is 35.3 Å². The van der Waals surface area contributed by atoms with Crippen molar-refractivity contribution in [2.75, 3.05) is 0 Å². The normalized spacial score (nSPS) is 20.4. The van der Waals surface area contributed by atoms with Gasteiger partial charge in [0.05, 0.1) is 10.2 Å². The number of aromatic nitrogens is 3. The molecule has 0 aromatic carbocycles. The van der Waals surface area contributed by atoms with Gasteiger partial charge >= 0.3 is 0 Å². The van der Waals surface area contributed by atoms with Crippen molar-refractivity contribution in [1.82, 2.24) is 19.5 Å². The molecule has 7 heteroatoms. The average molecular weight is 387 g/mol. The fourth-order valence-corrected chi connectivity index (χ4v) is 5.11. The van der Waals surface area contributed by atoms with Gasteiger partial charge in [0.1, 0.15) is 17.9 Å². The van der Waals surface area contributed by atoms with Crippen LogP contribution < -0.4 is 10.9 Å². The van der Waals surface area contributed by atoms with E-state index in [1.165, 1.54) is 16.0 Å². The highest BCUT2D eigenvalue weighted by molar-refractivity contribution is 7.19.